The fourth-order valence-corrected chi connectivity index (χ4v) is 4.23. The van der Waals surface area contributed by atoms with Crippen LogP contribution in [0.5, 0.6) is 11.5 Å². The molecule has 1 aromatic heterocycles. The lowest BCUT2D eigenvalue weighted by Gasteiger charge is -2.19. The number of nitrogens with zero attached hydrogens (tertiary/aromatic N) is 1. The number of hydrogen-bond acceptors (Lipinski definition) is 4. The molecule has 0 amide bonds. The molecule has 0 aliphatic heterocycles. The van der Waals surface area contributed by atoms with Gasteiger partial charge in [0.05, 0.1) is 20.8 Å². The molecule has 0 bridgehead atoms. The number of carboxylic acid groups (broad SMARTS) is 1. The molecule has 4 aromatic rings. The number of methoxy groups -OCH3 is 2. The van der Waals surface area contributed by atoms with Crippen LogP contribution in [0.4, 0.5) is 0 Å². The Labute approximate surface area is 192 Å². The minimum atomic E-state index is -1.19. The van der Waals surface area contributed by atoms with Gasteiger partial charge in [0.1, 0.15) is 17.2 Å². The molecule has 162 valence electrons. The molecule has 0 atom stereocenters. The Balaban J connectivity index is 2.09. The summed E-state index contributed by atoms with van der Waals surface area (Å²) in [5.74, 6) is -0.0744. The Morgan fingerprint density at radius 1 is 0.969 bits per heavy atom. The van der Waals surface area contributed by atoms with E-state index in [1.54, 1.807) is 43.5 Å². The normalized spacial score (nSPS) is 10.8. The van der Waals surface area contributed by atoms with E-state index in [0.29, 0.717) is 39.0 Å². The Hall–Kier alpha value is -3.58. The molecule has 0 radical (unpaired) electrons. The van der Waals surface area contributed by atoms with E-state index < -0.39 is 11.5 Å². The second kappa shape index (κ2) is 8.88. The van der Waals surface area contributed by atoms with E-state index in [4.69, 9.17) is 9.47 Å². The zero-order valence-corrected chi connectivity index (χ0v) is 19.0. The summed E-state index contributed by atoms with van der Waals surface area (Å²) >= 11 is 3.45. The number of carbonyl (C=O) groups is 1. The van der Waals surface area contributed by atoms with Gasteiger partial charge in [-0.3, -0.25) is 9.36 Å². The number of fused-ring (bicyclic) bond motifs is 1. The third-order valence-electron chi connectivity index (χ3n) is 5.31. The molecule has 0 saturated heterocycles. The summed E-state index contributed by atoms with van der Waals surface area (Å²) in [4.78, 5) is 26.1. The van der Waals surface area contributed by atoms with Crippen molar-refractivity contribution < 1.29 is 19.4 Å². The third-order valence-corrected chi connectivity index (χ3v) is 5.81. The summed E-state index contributed by atoms with van der Waals surface area (Å²) in [5.41, 5.74) is 1.34. The molecule has 0 aliphatic rings. The Kier molecular flexibility index (Phi) is 6.01. The van der Waals surface area contributed by atoms with Crippen LogP contribution in [0.3, 0.4) is 0 Å². The lowest BCUT2D eigenvalue weighted by molar-refractivity contribution is 0.0685. The number of aromatic nitrogens is 1. The molecule has 0 fully saturated rings. The predicted molar refractivity (Wildman–Crippen MR) is 127 cm³/mol. The first-order valence-corrected chi connectivity index (χ1v) is 10.6. The maximum absolute atomic E-state index is 13.5. The number of ether oxygens (including phenoxy) is 2. The summed E-state index contributed by atoms with van der Waals surface area (Å²) in [6.45, 7) is 0.00662. The van der Waals surface area contributed by atoms with Crippen molar-refractivity contribution in [1.29, 1.82) is 0 Å². The van der Waals surface area contributed by atoms with E-state index in [1.807, 2.05) is 30.3 Å². The molecule has 1 heterocycles. The molecular weight excluding hydrogens is 474 g/mol. The highest BCUT2D eigenvalue weighted by atomic mass is 79.9. The van der Waals surface area contributed by atoms with Gasteiger partial charge in [-0.25, -0.2) is 4.79 Å². The van der Waals surface area contributed by atoms with Crippen LogP contribution < -0.4 is 15.0 Å². The van der Waals surface area contributed by atoms with Crippen molar-refractivity contribution in [3.05, 3.63) is 92.8 Å². The fraction of sp³-hybridized carbons (Fsp3) is 0.120. The fourth-order valence-electron chi connectivity index (χ4n) is 3.87. The van der Waals surface area contributed by atoms with Crippen LogP contribution in [0.1, 0.15) is 16.1 Å². The minimum Gasteiger partial charge on any atom is -0.497 e. The number of benzene rings is 3. The maximum atomic E-state index is 13.5. The highest BCUT2D eigenvalue weighted by molar-refractivity contribution is 9.10. The molecule has 7 heteroatoms. The first-order chi connectivity index (χ1) is 15.4. The topological polar surface area (TPSA) is 77.8 Å². The standard InChI is InChI=1S/C25H20BrNO5/c1-31-18-9-11-21(32-2)16(12-18)14-27-23(25(29)30)22(15-6-4-3-5-7-15)20-13-17(26)8-10-19(20)24(27)28/h3-13H,14H2,1-2H3,(H,29,30). The summed E-state index contributed by atoms with van der Waals surface area (Å²) in [5, 5.41) is 11.2. The van der Waals surface area contributed by atoms with Crippen molar-refractivity contribution in [1.82, 2.24) is 4.57 Å². The van der Waals surface area contributed by atoms with Gasteiger partial charge in [0.15, 0.2) is 0 Å². The third kappa shape index (κ3) is 3.87. The molecule has 4 rings (SSSR count). The van der Waals surface area contributed by atoms with Crippen LogP contribution in [-0.2, 0) is 6.54 Å². The summed E-state index contributed by atoms with van der Waals surface area (Å²) < 4.78 is 12.8. The zero-order valence-electron chi connectivity index (χ0n) is 17.5. The predicted octanol–water partition coefficient (Wildman–Crippen LogP) is 5.19. The van der Waals surface area contributed by atoms with Crippen molar-refractivity contribution in [3.63, 3.8) is 0 Å². The van der Waals surface area contributed by atoms with Gasteiger partial charge in [0, 0.05) is 21.0 Å². The van der Waals surface area contributed by atoms with Gasteiger partial charge in [-0.2, -0.15) is 0 Å². The van der Waals surface area contributed by atoms with Crippen LogP contribution in [-0.4, -0.2) is 29.9 Å². The average Bonchev–Trinajstić information content (AvgIpc) is 2.80. The molecule has 1 N–H and O–H groups in total. The quantitative estimate of drug-likeness (QED) is 0.399. The van der Waals surface area contributed by atoms with Crippen molar-refractivity contribution in [2.45, 2.75) is 6.54 Å². The van der Waals surface area contributed by atoms with Crippen molar-refractivity contribution in [2.24, 2.45) is 0 Å². The molecule has 0 unspecified atom stereocenters. The second-order valence-corrected chi connectivity index (χ2v) is 8.07. The molecule has 0 aliphatic carbocycles. The lowest BCUT2D eigenvalue weighted by Crippen LogP contribution is -2.28. The Morgan fingerprint density at radius 3 is 2.38 bits per heavy atom. The number of rotatable bonds is 6. The first-order valence-electron chi connectivity index (χ1n) is 9.80. The van der Waals surface area contributed by atoms with Gasteiger partial charge in [0.25, 0.3) is 5.56 Å². The number of hydrogen-bond donors (Lipinski definition) is 1. The smallest absolute Gasteiger partial charge is 0.353 e. The molecule has 3 aromatic carbocycles. The molecule has 0 spiro atoms. The highest BCUT2D eigenvalue weighted by Gasteiger charge is 2.24. The van der Waals surface area contributed by atoms with Gasteiger partial charge < -0.3 is 14.6 Å². The van der Waals surface area contributed by atoms with E-state index in [2.05, 4.69) is 15.9 Å². The van der Waals surface area contributed by atoms with E-state index in [9.17, 15) is 14.7 Å². The van der Waals surface area contributed by atoms with Gasteiger partial charge >= 0.3 is 5.97 Å². The molecule has 32 heavy (non-hydrogen) atoms. The van der Waals surface area contributed by atoms with Crippen molar-refractivity contribution in [2.75, 3.05) is 14.2 Å². The van der Waals surface area contributed by atoms with Gasteiger partial charge in [0.2, 0.25) is 0 Å². The lowest BCUT2D eigenvalue weighted by atomic mass is 9.96. The minimum absolute atomic E-state index is 0.00662. The van der Waals surface area contributed by atoms with E-state index >= 15 is 0 Å². The van der Waals surface area contributed by atoms with Crippen molar-refractivity contribution in [3.8, 4) is 22.6 Å². The largest absolute Gasteiger partial charge is 0.497 e. The summed E-state index contributed by atoms with van der Waals surface area (Å²) in [6, 6.07) is 19.7. The Bertz CT molecular complexity index is 1380. The monoisotopic (exact) mass is 493 g/mol. The molecule has 6 nitrogen and oxygen atoms in total. The number of carboxylic acids is 1. The van der Waals surface area contributed by atoms with Crippen molar-refractivity contribution >= 4 is 32.7 Å². The average molecular weight is 494 g/mol. The van der Waals surface area contributed by atoms with Gasteiger partial charge in [-0.1, -0.05) is 46.3 Å². The maximum Gasteiger partial charge on any atom is 0.353 e. The summed E-state index contributed by atoms with van der Waals surface area (Å²) in [6.07, 6.45) is 0. The van der Waals surface area contributed by atoms with E-state index in [0.717, 1.165) is 4.47 Å². The summed E-state index contributed by atoms with van der Waals surface area (Å²) in [7, 11) is 3.07. The number of pyridine rings is 1. The second-order valence-electron chi connectivity index (χ2n) is 7.15. The highest BCUT2D eigenvalue weighted by Crippen LogP contribution is 2.33. The van der Waals surface area contributed by atoms with Crippen LogP contribution in [0.25, 0.3) is 21.9 Å². The Morgan fingerprint density at radius 2 is 1.72 bits per heavy atom. The van der Waals surface area contributed by atoms with Crippen LogP contribution in [0, 0.1) is 0 Å². The van der Waals surface area contributed by atoms with Crippen LogP contribution in [0.2, 0.25) is 0 Å². The first kappa shape index (κ1) is 21.6. The van der Waals surface area contributed by atoms with Gasteiger partial charge in [-0.05, 0) is 47.3 Å². The number of aromatic carboxylic acids is 1. The van der Waals surface area contributed by atoms with E-state index in [1.165, 1.54) is 11.7 Å². The molecular formula is C25H20BrNO5. The zero-order chi connectivity index (χ0) is 22.8. The number of halogens is 1. The van der Waals surface area contributed by atoms with E-state index in [-0.39, 0.29) is 12.2 Å². The molecule has 0 saturated carbocycles. The SMILES string of the molecule is COc1ccc(OC)c(Cn2c(C(=O)O)c(-c3ccccc3)c3cc(Br)ccc3c2=O)c1. The van der Waals surface area contributed by atoms with Gasteiger partial charge in [-0.15, -0.1) is 0 Å². The van der Waals surface area contributed by atoms with Crippen LogP contribution in [0.15, 0.2) is 76.0 Å². The van der Waals surface area contributed by atoms with Crippen LogP contribution >= 0.6 is 15.9 Å².